The number of carbonyl (C=O) groups excluding carboxylic acids is 1. The van der Waals surface area contributed by atoms with E-state index in [0.717, 1.165) is 37.4 Å². The number of aliphatic hydroxyl groups excluding tert-OH is 1. The number of aliphatic hydroxyl groups is 1. The zero-order valence-electron chi connectivity index (χ0n) is 18.3. The maximum absolute atomic E-state index is 13.1. The third-order valence-corrected chi connectivity index (χ3v) is 5.74. The summed E-state index contributed by atoms with van der Waals surface area (Å²) >= 11 is 0. The fourth-order valence-electron chi connectivity index (χ4n) is 4.05. The van der Waals surface area contributed by atoms with Crippen LogP contribution < -0.4 is 15.1 Å². The smallest absolute Gasteiger partial charge is 0.255 e. The molecule has 2 aromatic heterocycles. The number of aromatic nitrogens is 2. The molecule has 4 rings (SSSR count). The largest absolute Gasteiger partial charge is 0.394 e. The van der Waals surface area contributed by atoms with Crippen LogP contribution in [0.15, 0.2) is 67.0 Å². The molecule has 1 fully saturated rings. The third kappa shape index (κ3) is 5.23. The van der Waals surface area contributed by atoms with E-state index in [0.29, 0.717) is 17.8 Å². The molecule has 0 aliphatic carbocycles. The van der Waals surface area contributed by atoms with Gasteiger partial charge in [0.2, 0.25) is 0 Å². The van der Waals surface area contributed by atoms with Gasteiger partial charge in [0.15, 0.2) is 0 Å². The van der Waals surface area contributed by atoms with Crippen molar-refractivity contribution in [1.29, 1.82) is 0 Å². The van der Waals surface area contributed by atoms with Crippen LogP contribution in [0.1, 0.15) is 21.6 Å². The summed E-state index contributed by atoms with van der Waals surface area (Å²) in [5.41, 5.74) is 3.78. The average Bonchev–Trinajstić information content (AvgIpc) is 2.84. The molecule has 2 N–H and O–H groups in total. The molecule has 3 heterocycles. The molecular weight excluding hydrogens is 402 g/mol. The molecule has 1 aliphatic rings. The Morgan fingerprint density at radius 1 is 1.00 bits per heavy atom. The van der Waals surface area contributed by atoms with Crippen molar-refractivity contribution in [2.75, 3.05) is 42.6 Å². The number of aryl methyl sites for hydroxylation is 1. The van der Waals surface area contributed by atoms with Gasteiger partial charge in [-0.3, -0.25) is 9.78 Å². The van der Waals surface area contributed by atoms with Gasteiger partial charge in [0.1, 0.15) is 5.82 Å². The first-order chi connectivity index (χ1) is 15.6. The van der Waals surface area contributed by atoms with Crippen LogP contribution >= 0.6 is 0 Å². The Labute approximate surface area is 188 Å². The van der Waals surface area contributed by atoms with Gasteiger partial charge in [-0.05, 0) is 43.2 Å². The highest BCUT2D eigenvalue weighted by Gasteiger charge is 2.24. The lowest BCUT2D eigenvalue weighted by Crippen LogP contribution is -2.48. The second-order valence-electron chi connectivity index (χ2n) is 8.05. The van der Waals surface area contributed by atoms with Gasteiger partial charge in [-0.15, -0.1) is 0 Å². The molecule has 1 amide bonds. The van der Waals surface area contributed by atoms with Gasteiger partial charge in [0.05, 0.1) is 18.2 Å². The molecule has 1 aliphatic heterocycles. The minimum absolute atomic E-state index is 0.125. The number of amides is 1. The first-order valence-corrected chi connectivity index (χ1v) is 11.0. The molecule has 1 atom stereocenters. The summed E-state index contributed by atoms with van der Waals surface area (Å²) in [7, 11) is 0. The van der Waals surface area contributed by atoms with Crippen molar-refractivity contribution < 1.29 is 9.90 Å². The van der Waals surface area contributed by atoms with Crippen LogP contribution in [0.5, 0.6) is 0 Å². The molecule has 0 radical (unpaired) electrons. The predicted octanol–water partition coefficient (Wildman–Crippen LogP) is 2.45. The van der Waals surface area contributed by atoms with E-state index in [4.69, 9.17) is 0 Å². The van der Waals surface area contributed by atoms with E-state index >= 15 is 0 Å². The first kappa shape index (κ1) is 21.8. The topological polar surface area (TPSA) is 81.6 Å². The Bertz CT molecular complexity index is 1040. The number of benzene rings is 1. The second kappa shape index (κ2) is 10.2. The summed E-state index contributed by atoms with van der Waals surface area (Å²) in [6.07, 6.45) is 4.13. The fourth-order valence-corrected chi connectivity index (χ4v) is 4.05. The first-order valence-electron chi connectivity index (χ1n) is 11.0. The summed E-state index contributed by atoms with van der Waals surface area (Å²) in [6, 6.07) is 17.2. The summed E-state index contributed by atoms with van der Waals surface area (Å²) < 4.78 is 0. The van der Waals surface area contributed by atoms with Gasteiger partial charge < -0.3 is 20.2 Å². The number of nitrogens with zero attached hydrogens (tertiary/aromatic N) is 4. The number of anilines is 2. The van der Waals surface area contributed by atoms with Crippen molar-refractivity contribution in [1.82, 2.24) is 15.3 Å². The number of hydrogen-bond acceptors (Lipinski definition) is 6. The van der Waals surface area contributed by atoms with Crippen LogP contribution in [-0.4, -0.2) is 59.8 Å². The number of carbonyl (C=O) groups is 1. The zero-order valence-corrected chi connectivity index (χ0v) is 18.3. The molecule has 1 unspecified atom stereocenters. The number of nitrogens with one attached hydrogen (secondary N) is 1. The average molecular weight is 432 g/mol. The molecular formula is C25H29N5O2. The zero-order chi connectivity index (χ0) is 22.3. The Morgan fingerprint density at radius 3 is 2.47 bits per heavy atom. The third-order valence-electron chi connectivity index (χ3n) is 5.74. The lowest BCUT2D eigenvalue weighted by Gasteiger charge is -2.37. The van der Waals surface area contributed by atoms with Gasteiger partial charge >= 0.3 is 0 Å². The van der Waals surface area contributed by atoms with Crippen LogP contribution in [0.3, 0.4) is 0 Å². The van der Waals surface area contributed by atoms with Crippen molar-refractivity contribution in [3.05, 3.63) is 83.8 Å². The van der Waals surface area contributed by atoms with E-state index in [1.165, 1.54) is 5.69 Å². The Hall–Kier alpha value is -3.45. The van der Waals surface area contributed by atoms with Crippen LogP contribution in [0.2, 0.25) is 0 Å². The van der Waals surface area contributed by atoms with Crippen LogP contribution in [0, 0.1) is 6.92 Å². The Morgan fingerprint density at radius 2 is 1.75 bits per heavy atom. The minimum atomic E-state index is -0.357. The van der Waals surface area contributed by atoms with Crippen LogP contribution in [0.25, 0.3) is 0 Å². The predicted molar refractivity (Wildman–Crippen MR) is 126 cm³/mol. The lowest BCUT2D eigenvalue weighted by atomic mass is 10.1. The molecule has 7 nitrogen and oxygen atoms in total. The highest BCUT2D eigenvalue weighted by Crippen LogP contribution is 2.22. The molecule has 166 valence electrons. The van der Waals surface area contributed by atoms with E-state index < -0.39 is 0 Å². The molecule has 3 aromatic rings. The fraction of sp³-hybridized carbons (Fsp3) is 0.320. The molecule has 0 bridgehead atoms. The summed E-state index contributed by atoms with van der Waals surface area (Å²) in [6.45, 7) is 5.09. The minimum Gasteiger partial charge on any atom is -0.394 e. The number of pyridine rings is 2. The van der Waals surface area contributed by atoms with Crippen molar-refractivity contribution in [2.24, 2.45) is 0 Å². The number of piperazine rings is 1. The van der Waals surface area contributed by atoms with Crippen molar-refractivity contribution >= 4 is 17.4 Å². The molecule has 0 spiro atoms. The van der Waals surface area contributed by atoms with Crippen LogP contribution in [0.4, 0.5) is 11.5 Å². The van der Waals surface area contributed by atoms with E-state index in [9.17, 15) is 9.90 Å². The highest BCUT2D eigenvalue weighted by molar-refractivity contribution is 5.99. The van der Waals surface area contributed by atoms with E-state index in [2.05, 4.69) is 31.2 Å². The van der Waals surface area contributed by atoms with Gasteiger partial charge in [-0.1, -0.05) is 30.3 Å². The highest BCUT2D eigenvalue weighted by atomic mass is 16.3. The van der Waals surface area contributed by atoms with E-state index in [-0.39, 0.29) is 18.6 Å². The number of rotatable bonds is 7. The maximum Gasteiger partial charge on any atom is 0.255 e. The standard InChI is InChI=1S/C25H29N5O2/c1-19-16-22(9-11-26-19)29-12-14-30(15-13-29)24-23(8-5-10-27-24)25(32)28-21(18-31)17-20-6-3-2-4-7-20/h2-11,16,21,31H,12-15,17-18H2,1H3,(H,28,32). The quantitative estimate of drug-likeness (QED) is 0.598. The summed E-state index contributed by atoms with van der Waals surface area (Å²) in [5, 5.41) is 12.8. The Balaban J connectivity index is 1.43. The maximum atomic E-state index is 13.1. The van der Waals surface area contributed by atoms with Gasteiger partial charge in [0, 0.05) is 50.0 Å². The van der Waals surface area contributed by atoms with E-state index in [1.54, 1.807) is 18.3 Å². The van der Waals surface area contributed by atoms with Crippen molar-refractivity contribution in [3.8, 4) is 0 Å². The van der Waals surface area contributed by atoms with Gasteiger partial charge in [-0.2, -0.15) is 0 Å². The van der Waals surface area contributed by atoms with Crippen molar-refractivity contribution in [2.45, 2.75) is 19.4 Å². The monoisotopic (exact) mass is 431 g/mol. The van der Waals surface area contributed by atoms with Gasteiger partial charge in [-0.25, -0.2) is 4.98 Å². The normalized spacial score (nSPS) is 14.8. The van der Waals surface area contributed by atoms with Crippen LogP contribution in [-0.2, 0) is 6.42 Å². The second-order valence-corrected chi connectivity index (χ2v) is 8.05. The van der Waals surface area contributed by atoms with Gasteiger partial charge in [0.25, 0.3) is 5.91 Å². The lowest BCUT2D eigenvalue weighted by molar-refractivity contribution is 0.0916. The summed E-state index contributed by atoms with van der Waals surface area (Å²) in [4.78, 5) is 26.4. The molecule has 1 saturated heterocycles. The molecule has 0 saturated carbocycles. The van der Waals surface area contributed by atoms with Crippen molar-refractivity contribution in [3.63, 3.8) is 0 Å². The van der Waals surface area contributed by atoms with E-state index in [1.807, 2.05) is 49.5 Å². The molecule has 32 heavy (non-hydrogen) atoms. The molecule has 7 heteroatoms. The summed E-state index contributed by atoms with van der Waals surface area (Å²) in [5.74, 6) is 0.474. The number of hydrogen-bond donors (Lipinski definition) is 2. The SMILES string of the molecule is Cc1cc(N2CCN(c3ncccc3C(=O)NC(CO)Cc3ccccc3)CC2)ccn1. The molecule has 1 aromatic carbocycles. The Kier molecular flexibility index (Phi) is 6.97.